The fraction of sp³-hybridized carbons (Fsp3) is 0.909. The molecule has 0 radical (unpaired) electrons. The Morgan fingerprint density at radius 3 is 2.53 bits per heavy atom. The molecule has 0 aromatic carbocycles. The van der Waals surface area contributed by atoms with E-state index in [2.05, 4.69) is 24.2 Å². The number of hydrogen-bond acceptors (Lipinski definition) is 4. The summed E-state index contributed by atoms with van der Waals surface area (Å²) in [5, 5.41) is 4.44. The van der Waals surface area contributed by atoms with E-state index >= 15 is 0 Å². The second kappa shape index (κ2) is 6.09. The summed E-state index contributed by atoms with van der Waals surface area (Å²) in [4.78, 5) is 4.42. The second-order valence-electron chi connectivity index (χ2n) is 4.57. The maximum atomic E-state index is 11.0. The van der Waals surface area contributed by atoms with Gasteiger partial charge in [-0.15, -0.1) is 0 Å². The van der Waals surface area contributed by atoms with Crippen LogP contribution in [0.1, 0.15) is 33.1 Å². The van der Waals surface area contributed by atoms with E-state index in [0.29, 0.717) is 13.0 Å². The number of hydrogen-bond donors (Lipinski definition) is 1. The Labute approximate surface area is 109 Å². The largest absolute Gasteiger partial charge is 0.359 e. The average molecular weight is 278 g/mol. The van der Waals surface area contributed by atoms with Crippen LogP contribution in [-0.2, 0) is 9.84 Å². The molecule has 1 aliphatic rings. The van der Waals surface area contributed by atoms with E-state index in [1.54, 1.807) is 11.8 Å². The normalized spacial score (nSPS) is 21.7. The van der Waals surface area contributed by atoms with Gasteiger partial charge in [-0.05, 0) is 19.3 Å². The Morgan fingerprint density at radius 1 is 1.41 bits per heavy atom. The van der Waals surface area contributed by atoms with Crippen molar-refractivity contribution in [1.29, 1.82) is 0 Å². The molecular formula is C11H22N2O2S2. The molecule has 0 aliphatic carbocycles. The second-order valence-corrected chi connectivity index (χ2v) is 7.80. The highest BCUT2D eigenvalue weighted by Gasteiger charge is 2.33. The Bertz CT molecular complexity index is 373. The van der Waals surface area contributed by atoms with Crippen molar-refractivity contribution in [2.45, 2.75) is 38.6 Å². The van der Waals surface area contributed by atoms with Crippen molar-refractivity contribution in [1.82, 2.24) is 5.32 Å². The van der Waals surface area contributed by atoms with Crippen LogP contribution < -0.4 is 5.32 Å². The van der Waals surface area contributed by atoms with E-state index in [9.17, 15) is 8.42 Å². The molecule has 1 heterocycles. The highest BCUT2D eigenvalue weighted by molar-refractivity contribution is 8.14. The first-order valence-corrected chi connectivity index (χ1v) is 9.08. The lowest BCUT2D eigenvalue weighted by Crippen LogP contribution is -2.42. The summed E-state index contributed by atoms with van der Waals surface area (Å²) >= 11 is 1.75. The van der Waals surface area contributed by atoms with Gasteiger partial charge in [-0.1, -0.05) is 25.6 Å². The lowest BCUT2D eigenvalue weighted by Gasteiger charge is -2.25. The van der Waals surface area contributed by atoms with Crippen LogP contribution in [0.3, 0.4) is 0 Å². The Kier molecular flexibility index (Phi) is 5.31. The van der Waals surface area contributed by atoms with Crippen molar-refractivity contribution in [2.24, 2.45) is 4.99 Å². The molecule has 0 spiro atoms. The maximum Gasteiger partial charge on any atom is 0.157 e. The van der Waals surface area contributed by atoms with E-state index in [1.165, 1.54) is 6.26 Å². The number of amidine groups is 1. The first kappa shape index (κ1) is 14.8. The minimum absolute atomic E-state index is 0.195. The number of rotatable bonds is 6. The maximum absolute atomic E-state index is 11.0. The van der Waals surface area contributed by atoms with E-state index in [0.717, 1.165) is 23.8 Å². The topological polar surface area (TPSA) is 58.5 Å². The Hall–Kier alpha value is -0.230. The SMILES string of the molecule is CCC1(CC)CSC(=NCCCS(C)(=O)=O)N1. The molecule has 4 nitrogen and oxygen atoms in total. The van der Waals surface area contributed by atoms with Gasteiger partial charge in [-0.3, -0.25) is 4.99 Å². The minimum atomic E-state index is -2.85. The molecule has 0 bridgehead atoms. The molecule has 0 atom stereocenters. The summed E-state index contributed by atoms with van der Waals surface area (Å²) in [6.45, 7) is 4.96. The first-order chi connectivity index (χ1) is 7.91. The Balaban J connectivity index is 2.38. The van der Waals surface area contributed by atoms with E-state index in [4.69, 9.17) is 0 Å². The molecule has 17 heavy (non-hydrogen) atoms. The number of nitrogens with one attached hydrogen (secondary N) is 1. The summed E-state index contributed by atoms with van der Waals surface area (Å²) in [5.41, 5.74) is 0.195. The molecule has 0 aromatic rings. The van der Waals surface area contributed by atoms with Crippen molar-refractivity contribution in [3.8, 4) is 0 Å². The molecule has 0 unspecified atom stereocenters. The number of aliphatic imine (C=N–C) groups is 1. The number of thioether (sulfide) groups is 1. The zero-order valence-corrected chi connectivity index (χ0v) is 12.5. The highest BCUT2D eigenvalue weighted by atomic mass is 32.2. The van der Waals surface area contributed by atoms with Gasteiger partial charge in [-0.25, -0.2) is 8.42 Å². The van der Waals surface area contributed by atoms with Crippen molar-refractivity contribution in [3.05, 3.63) is 0 Å². The van der Waals surface area contributed by atoms with Gasteiger partial charge in [0.25, 0.3) is 0 Å². The van der Waals surface area contributed by atoms with Crippen molar-refractivity contribution in [2.75, 3.05) is 24.3 Å². The standard InChI is InChI=1S/C11H22N2O2S2/c1-4-11(5-2)9-16-10(13-11)12-7-6-8-17(3,14)15/h4-9H2,1-3H3,(H,12,13). The Morgan fingerprint density at radius 2 is 2.06 bits per heavy atom. The van der Waals surface area contributed by atoms with Gasteiger partial charge in [-0.2, -0.15) is 0 Å². The minimum Gasteiger partial charge on any atom is -0.359 e. The van der Waals surface area contributed by atoms with Crippen LogP contribution in [0.25, 0.3) is 0 Å². The summed E-state index contributed by atoms with van der Waals surface area (Å²) < 4.78 is 21.9. The van der Waals surface area contributed by atoms with Gasteiger partial charge in [0.1, 0.15) is 9.84 Å². The van der Waals surface area contributed by atoms with Gasteiger partial charge in [0.05, 0.1) is 5.75 Å². The quantitative estimate of drug-likeness (QED) is 0.751. The van der Waals surface area contributed by atoms with E-state index in [-0.39, 0.29) is 11.3 Å². The summed E-state index contributed by atoms with van der Waals surface area (Å²) in [6.07, 6.45) is 4.06. The molecule has 1 fully saturated rings. The van der Waals surface area contributed by atoms with E-state index < -0.39 is 9.84 Å². The van der Waals surface area contributed by atoms with Crippen LogP contribution in [-0.4, -0.2) is 43.4 Å². The van der Waals surface area contributed by atoms with Crippen LogP contribution in [0.4, 0.5) is 0 Å². The number of sulfone groups is 1. The molecule has 1 aliphatic heterocycles. The highest BCUT2D eigenvalue weighted by Crippen LogP contribution is 2.28. The third-order valence-corrected chi connectivity index (χ3v) is 5.37. The van der Waals surface area contributed by atoms with Crippen LogP contribution in [0.2, 0.25) is 0 Å². The van der Waals surface area contributed by atoms with Gasteiger partial charge < -0.3 is 5.32 Å². The monoisotopic (exact) mass is 278 g/mol. The van der Waals surface area contributed by atoms with E-state index in [1.807, 2.05) is 0 Å². The molecule has 0 saturated carbocycles. The molecular weight excluding hydrogens is 256 g/mol. The summed E-state index contributed by atoms with van der Waals surface area (Å²) in [6, 6.07) is 0. The molecule has 0 aromatic heterocycles. The number of nitrogens with zero attached hydrogens (tertiary/aromatic N) is 1. The zero-order chi connectivity index (χ0) is 12.9. The van der Waals surface area contributed by atoms with Gasteiger partial charge in [0, 0.05) is 24.1 Å². The zero-order valence-electron chi connectivity index (χ0n) is 10.8. The van der Waals surface area contributed by atoms with Crippen molar-refractivity contribution < 1.29 is 8.42 Å². The van der Waals surface area contributed by atoms with Crippen LogP contribution in [0.15, 0.2) is 4.99 Å². The predicted octanol–water partition coefficient (Wildman–Crippen LogP) is 1.67. The smallest absolute Gasteiger partial charge is 0.157 e. The molecule has 1 N–H and O–H groups in total. The lowest BCUT2D eigenvalue weighted by molar-refractivity contribution is 0.407. The van der Waals surface area contributed by atoms with Crippen molar-refractivity contribution in [3.63, 3.8) is 0 Å². The predicted molar refractivity (Wildman–Crippen MR) is 75.5 cm³/mol. The fourth-order valence-corrected chi connectivity index (χ4v) is 3.75. The first-order valence-electron chi connectivity index (χ1n) is 6.04. The van der Waals surface area contributed by atoms with Crippen LogP contribution in [0, 0.1) is 0 Å². The summed E-state index contributed by atoms with van der Waals surface area (Å²) in [7, 11) is -2.85. The van der Waals surface area contributed by atoms with Crippen LogP contribution >= 0.6 is 11.8 Å². The molecule has 100 valence electrons. The summed E-state index contributed by atoms with van der Waals surface area (Å²) in [5.74, 6) is 1.28. The molecule has 0 amide bonds. The van der Waals surface area contributed by atoms with Crippen molar-refractivity contribution >= 4 is 26.8 Å². The average Bonchev–Trinajstić information content (AvgIpc) is 2.68. The van der Waals surface area contributed by atoms with Crippen LogP contribution in [0.5, 0.6) is 0 Å². The third kappa shape index (κ3) is 4.87. The molecule has 6 heteroatoms. The fourth-order valence-electron chi connectivity index (χ4n) is 1.73. The molecule has 1 saturated heterocycles. The molecule has 1 rings (SSSR count). The lowest BCUT2D eigenvalue weighted by atomic mass is 9.96. The van der Waals surface area contributed by atoms with Gasteiger partial charge in [0.15, 0.2) is 5.17 Å². The van der Waals surface area contributed by atoms with Gasteiger partial charge >= 0.3 is 0 Å². The third-order valence-electron chi connectivity index (χ3n) is 3.14. The van der Waals surface area contributed by atoms with Gasteiger partial charge in [0.2, 0.25) is 0 Å².